The van der Waals surface area contributed by atoms with Crippen molar-refractivity contribution in [1.29, 1.82) is 0 Å². The Balaban J connectivity index is 1.77. The van der Waals surface area contributed by atoms with Crippen LogP contribution in [0.3, 0.4) is 0 Å². The van der Waals surface area contributed by atoms with Crippen molar-refractivity contribution >= 4 is 34.4 Å². The molecule has 1 aliphatic heterocycles. The Morgan fingerprint density at radius 1 is 1.21 bits per heavy atom. The first-order valence-electron chi connectivity index (χ1n) is 9.42. The van der Waals surface area contributed by atoms with E-state index in [1.54, 1.807) is 6.20 Å². The van der Waals surface area contributed by atoms with E-state index in [9.17, 15) is 4.79 Å². The number of urea groups is 1. The van der Waals surface area contributed by atoms with E-state index in [1.165, 1.54) is 10.6 Å². The Morgan fingerprint density at radius 2 is 1.93 bits per heavy atom. The van der Waals surface area contributed by atoms with Gasteiger partial charge in [0.15, 0.2) is 0 Å². The first-order chi connectivity index (χ1) is 13.6. The van der Waals surface area contributed by atoms with Crippen LogP contribution in [0.2, 0.25) is 0 Å². The van der Waals surface area contributed by atoms with E-state index in [0.717, 1.165) is 35.7 Å². The molecule has 146 valence electrons. The molecule has 2 aromatic carbocycles. The van der Waals surface area contributed by atoms with Crippen LogP contribution in [0.4, 0.5) is 4.79 Å². The molecule has 1 aliphatic rings. The highest BCUT2D eigenvalue weighted by Crippen LogP contribution is 2.23. The molecule has 2 aromatic rings. The van der Waals surface area contributed by atoms with Crippen LogP contribution in [0, 0.1) is 0 Å². The van der Waals surface area contributed by atoms with Crippen LogP contribution < -0.4 is 5.73 Å². The summed E-state index contributed by atoms with van der Waals surface area (Å²) in [6, 6.07) is 17.8. The first kappa shape index (κ1) is 20.1. The smallest absolute Gasteiger partial charge is 0.344 e. The molecule has 0 aliphatic carbocycles. The fourth-order valence-corrected chi connectivity index (χ4v) is 3.75. The van der Waals surface area contributed by atoms with Crippen molar-refractivity contribution in [3.8, 4) is 0 Å². The van der Waals surface area contributed by atoms with Crippen molar-refractivity contribution in [2.75, 3.05) is 6.54 Å². The van der Waals surface area contributed by atoms with Gasteiger partial charge in [-0.25, -0.2) is 4.79 Å². The maximum Gasteiger partial charge on any atom is 0.344 e. The predicted molar refractivity (Wildman–Crippen MR) is 118 cm³/mol. The summed E-state index contributed by atoms with van der Waals surface area (Å²) >= 11 is 3.41. The minimum absolute atomic E-state index is 0.148. The Labute approximate surface area is 174 Å². The number of carbonyl (C=O) groups is 1. The van der Waals surface area contributed by atoms with Crippen LogP contribution in [0.25, 0.3) is 5.70 Å². The van der Waals surface area contributed by atoms with Crippen LogP contribution in [0.5, 0.6) is 0 Å². The summed E-state index contributed by atoms with van der Waals surface area (Å²) in [5.74, 6) is 0. The number of hydrazone groups is 1. The third-order valence-corrected chi connectivity index (χ3v) is 5.50. The van der Waals surface area contributed by atoms with Gasteiger partial charge < -0.3 is 10.6 Å². The van der Waals surface area contributed by atoms with E-state index in [4.69, 9.17) is 5.73 Å². The van der Waals surface area contributed by atoms with Crippen molar-refractivity contribution in [2.45, 2.75) is 31.7 Å². The number of rotatable bonds is 5. The molecular formula is C22H25BrN4O. The Bertz CT molecular complexity index is 835. The third kappa shape index (κ3) is 5.01. The lowest BCUT2D eigenvalue weighted by Crippen LogP contribution is -2.48. The van der Waals surface area contributed by atoms with E-state index in [2.05, 4.69) is 39.9 Å². The third-order valence-electron chi connectivity index (χ3n) is 4.97. The molecule has 3 rings (SSSR count). The molecule has 1 heterocycles. The summed E-state index contributed by atoms with van der Waals surface area (Å²) in [7, 11) is 0. The Hall–Kier alpha value is -2.60. The highest BCUT2D eigenvalue weighted by molar-refractivity contribution is 9.10. The van der Waals surface area contributed by atoms with Crippen molar-refractivity contribution in [3.05, 3.63) is 76.4 Å². The summed E-state index contributed by atoms with van der Waals surface area (Å²) in [5, 5.41) is 5.16. The maximum atomic E-state index is 13.2. The molecule has 1 saturated heterocycles. The van der Waals surface area contributed by atoms with Crippen molar-refractivity contribution in [2.24, 2.45) is 10.8 Å². The average molecular weight is 441 g/mol. The van der Waals surface area contributed by atoms with Crippen LogP contribution >= 0.6 is 15.9 Å². The molecule has 5 nitrogen and oxygen atoms in total. The lowest BCUT2D eigenvalue weighted by molar-refractivity contribution is 0.128. The summed E-state index contributed by atoms with van der Waals surface area (Å²) in [6.45, 7) is 4.28. The highest BCUT2D eigenvalue weighted by Gasteiger charge is 2.29. The van der Waals surface area contributed by atoms with Gasteiger partial charge in [-0.1, -0.05) is 58.4 Å². The van der Waals surface area contributed by atoms with Crippen LogP contribution in [0.15, 0.2) is 70.4 Å². The summed E-state index contributed by atoms with van der Waals surface area (Å²) in [6.07, 6.45) is 5.49. The molecule has 2 N–H and O–H groups in total. The molecule has 0 aromatic heterocycles. The summed E-state index contributed by atoms with van der Waals surface area (Å²) in [5.41, 5.74) is 8.71. The number of nitrogens with two attached hydrogens (primary N) is 1. The van der Waals surface area contributed by atoms with Gasteiger partial charge in [-0.15, -0.1) is 0 Å². The fraction of sp³-hybridized carbons (Fsp3) is 0.273. The van der Waals surface area contributed by atoms with Gasteiger partial charge in [0.2, 0.25) is 0 Å². The SMILES string of the molecule is C=NN(/C=C(\N)c1ccc(Br)cc1)C(=O)N1CCCCC1Cc1ccccc1. The molecule has 6 heteroatoms. The molecule has 1 fully saturated rings. The molecule has 1 unspecified atom stereocenters. The topological polar surface area (TPSA) is 61.9 Å². The second kappa shape index (κ2) is 9.55. The van der Waals surface area contributed by atoms with Gasteiger partial charge in [0.1, 0.15) is 0 Å². The maximum absolute atomic E-state index is 13.2. The van der Waals surface area contributed by atoms with Crippen molar-refractivity contribution in [3.63, 3.8) is 0 Å². The van der Waals surface area contributed by atoms with Gasteiger partial charge in [-0.05, 0) is 48.9 Å². The number of benzene rings is 2. The first-order valence-corrected chi connectivity index (χ1v) is 10.2. The molecule has 0 bridgehead atoms. The number of piperidine rings is 1. The molecule has 2 amide bonds. The average Bonchev–Trinajstić information content (AvgIpc) is 2.73. The predicted octanol–water partition coefficient (Wildman–Crippen LogP) is 4.84. The number of likely N-dealkylation sites (tertiary alicyclic amines) is 1. The van der Waals surface area contributed by atoms with Gasteiger partial charge >= 0.3 is 6.03 Å². The molecule has 0 saturated carbocycles. The number of halogens is 1. The number of amides is 2. The van der Waals surface area contributed by atoms with Gasteiger partial charge in [-0.2, -0.15) is 10.1 Å². The highest BCUT2D eigenvalue weighted by atomic mass is 79.9. The van der Waals surface area contributed by atoms with Crippen LogP contribution in [-0.4, -0.2) is 35.2 Å². The van der Waals surface area contributed by atoms with Crippen LogP contribution in [-0.2, 0) is 6.42 Å². The normalized spacial score (nSPS) is 17.2. The molecule has 0 spiro atoms. The van der Waals surface area contributed by atoms with Gasteiger partial charge in [0.25, 0.3) is 0 Å². The van der Waals surface area contributed by atoms with E-state index in [1.807, 2.05) is 47.4 Å². The van der Waals surface area contributed by atoms with Crippen LogP contribution in [0.1, 0.15) is 30.4 Å². The fourth-order valence-electron chi connectivity index (χ4n) is 3.49. The molecule has 0 radical (unpaired) electrons. The quantitative estimate of drug-likeness (QED) is 0.533. The Morgan fingerprint density at radius 3 is 2.61 bits per heavy atom. The molecule has 28 heavy (non-hydrogen) atoms. The van der Waals surface area contributed by atoms with E-state index >= 15 is 0 Å². The summed E-state index contributed by atoms with van der Waals surface area (Å²) < 4.78 is 0.968. The zero-order valence-corrected chi connectivity index (χ0v) is 17.4. The number of nitrogens with zero attached hydrogens (tertiary/aromatic N) is 3. The monoisotopic (exact) mass is 440 g/mol. The van der Waals surface area contributed by atoms with E-state index in [0.29, 0.717) is 12.2 Å². The minimum Gasteiger partial charge on any atom is -0.397 e. The molecular weight excluding hydrogens is 416 g/mol. The lowest BCUT2D eigenvalue weighted by atomic mass is 9.96. The van der Waals surface area contributed by atoms with Crippen molar-refractivity contribution < 1.29 is 4.79 Å². The summed E-state index contributed by atoms with van der Waals surface area (Å²) in [4.78, 5) is 15.1. The minimum atomic E-state index is -0.185. The van der Waals surface area contributed by atoms with Crippen molar-refractivity contribution in [1.82, 2.24) is 9.91 Å². The number of hydrogen-bond acceptors (Lipinski definition) is 3. The lowest BCUT2D eigenvalue weighted by Gasteiger charge is -2.37. The van der Waals surface area contributed by atoms with E-state index in [-0.39, 0.29) is 12.1 Å². The molecule has 1 atom stereocenters. The largest absolute Gasteiger partial charge is 0.397 e. The van der Waals surface area contributed by atoms with E-state index < -0.39 is 0 Å². The second-order valence-electron chi connectivity index (χ2n) is 6.89. The standard InChI is InChI=1S/C22H25BrN4O/c1-25-27(16-21(24)18-10-12-19(23)13-11-18)22(28)26-14-6-5-9-20(26)15-17-7-3-2-4-8-17/h2-4,7-8,10-13,16,20H,1,5-6,9,14-15,24H2/b21-16-. The zero-order chi connectivity index (χ0) is 19.9. The van der Waals surface area contributed by atoms with Gasteiger partial charge in [0, 0.05) is 23.8 Å². The Kier molecular flexibility index (Phi) is 6.87. The van der Waals surface area contributed by atoms with Gasteiger partial charge in [0.05, 0.1) is 11.9 Å². The second-order valence-corrected chi connectivity index (χ2v) is 7.81. The number of carbonyl (C=O) groups excluding carboxylic acids is 1. The number of hydrogen-bond donors (Lipinski definition) is 1. The zero-order valence-electron chi connectivity index (χ0n) is 15.8. The van der Waals surface area contributed by atoms with Gasteiger partial charge in [-0.3, -0.25) is 0 Å².